The van der Waals surface area contributed by atoms with Gasteiger partial charge in [-0.1, -0.05) is 27.2 Å². The van der Waals surface area contributed by atoms with Crippen molar-refractivity contribution in [1.29, 1.82) is 0 Å². The van der Waals surface area contributed by atoms with E-state index < -0.39 is 0 Å². The SMILES string of the molecule is CCCC(CC[C@H](C)C(=O)OC)c1nccn1/C=C\N=C(C)CC. The summed E-state index contributed by atoms with van der Waals surface area (Å²) in [5.74, 6) is 1.15. The van der Waals surface area contributed by atoms with Gasteiger partial charge in [0.25, 0.3) is 0 Å². The van der Waals surface area contributed by atoms with E-state index in [0.717, 1.165) is 43.6 Å². The minimum atomic E-state index is -0.141. The minimum Gasteiger partial charge on any atom is -0.469 e. The van der Waals surface area contributed by atoms with Crippen molar-refractivity contribution in [2.45, 2.75) is 65.7 Å². The maximum Gasteiger partial charge on any atom is 0.308 e. The summed E-state index contributed by atoms with van der Waals surface area (Å²) in [5.41, 5.74) is 1.10. The maximum atomic E-state index is 11.6. The highest BCUT2D eigenvalue weighted by Crippen LogP contribution is 2.27. The number of imidazole rings is 1. The minimum absolute atomic E-state index is 0.0786. The molecule has 1 heterocycles. The molecule has 0 aliphatic rings. The fourth-order valence-electron chi connectivity index (χ4n) is 2.61. The summed E-state index contributed by atoms with van der Waals surface area (Å²) in [7, 11) is 1.44. The quantitative estimate of drug-likeness (QED) is 0.462. The Morgan fingerprint density at radius 3 is 2.75 bits per heavy atom. The fourth-order valence-corrected chi connectivity index (χ4v) is 2.61. The van der Waals surface area contributed by atoms with Crippen LogP contribution in [0.1, 0.15) is 71.5 Å². The van der Waals surface area contributed by atoms with Crippen LogP contribution >= 0.6 is 0 Å². The highest BCUT2D eigenvalue weighted by Gasteiger charge is 2.20. The highest BCUT2D eigenvalue weighted by atomic mass is 16.5. The van der Waals surface area contributed by atoms with Crippen molar-refractivity contribution >= 4 is 17.9 Å². The molecule has 0 fully saturated rings. The lowest BCUT2D eigenvalue weighted by molar-refractivity contribution is -0.145. The lowest BCUT2D eigenvalue weighted by Gasteiger charge is -2.18. The Morgan fingerprint density at radius 1 is 1.38 bits per heavy atom. The van der Waals surface area contributed by atoms with Gasteiger partial charge in [0.2, 0.25) is 0 Å². The zero-order valence-corrected chi connectivity index (χ0v) is 15.7. The topological polar surface area (TPSA) is 56.5 Å². The van der Waals surface area contributed by atoms with Gasteiger partial charge in [-0.15, -0.1) is 0 Å². The van der Waals surface area contributed by atoms with Crippen LogP contribution < -0.4 is 0 Å². The maximum absolute atomic E-state index is 11.6. The predicted octanol–water partition coefficient (Wildman–Crippen LogP) is 4.66. The Labute approximate surface area is 145 Å². The summed E-state index contributed by atoms with van der Waals surface area (Å²) >= 11 is 0. The van der Waals surface area contributed by atoms with Crippen LogP contribution in [0, 0.1) is 5.92 Å². The third kappa shape index (κ3) is 6.30. The standard InChI is InChI=1S/C19H31N3O2/c1-6-8-17(10-9-15(3)19(23)24-5)18-21-12-14-22(18)13-11-20-16(4)7-2/h11-15,17H,6-10H2,1-5H3/b13-11-,20-16?/t15-,17?/m0/s1. The van der Waals surface area contributed by atoms with E-state index >= 15 is 0 Å². The van der Waals surface area contributed by atoms with Crippen molar-refractivity contribution in [3.63, 3.8) is 0 Å². The number of rotatable bonds is 10. The van der Waals surface area contributed by atoms with Crippen LogP contribution in [0.15, 0.2) is 23.6 Å². The Kier molecular flexibility index (Phi) is 9.05. The van der Waals surface area contributed by atoms with Gasteiger partial charge in [-0.05, 0) is 32.6 Å². The monoisotopic (exact) mass is 333 g/mol. The number of ether oxygens (including phenoxy) is 1. The molecule has 0 amide bonds. The lowest BCUT2D eigenvalue weighted by atomic mass is 9.92. The van der Waals surface area contributed by atoms with Gasteiger partial charge in [0.15, 0.2) is 0 Å². The summed E-state index contributed by atoms with van der Waals surface area (Å²) in [4.78, 5) is 20.5. The van der Waals surface area contributed by atoms with E-state index in [9.17, 15) is 4.79 Å². The van der Waals surface area contributed by atoms with Crippen LogP contribution in [0.25, 0.3) is 6.20 Å². The van der Waals surface area contributed by atoms with Crippen molar-refractivity contribution in [3.05, 3.63) is 24.4 Å². The Balaban J connectivity index is 2.82. The predicted molar refractivity (Wildman–Crippen MR) is 99.0 cm³/mol. The number of carbonyl (C=O) groups is 1. The smallest absolute Gasteiger partial charge is 0.308 e. The van der Waals surface area contributed by atoms with Crippen molar-refractivity contribution in [2.75, 3.05) is 7.11 Å². The molecule has 1 unspecified atom stereocenters. The van der Waals surface area contributed by atoms with Crippen LogP contribution in [-0.2, 0) is 9.53 Å². The molecule has 5 nitrogen and oxygen atoms in total. The van der Waals surface area contributed by atoms with Gasteiger partial charge in [0, 0.05) is 36.4 Å². The molecular formula is C19H31N3O2. The number of methoxy groups -OCH3 is 1. The summed E-state index contributed by atoms with van der Waals surface area (Å²) in [5, 5.41) is 0. The molecule has 0 spiro atoms. The van der Waals surface area contributed by atoms with E-state index in [2.05, 4.69) is 23.8 Å². The van der Waals surface area contributed by atoms with Gasteiger partial charge < -0.3 is 9.30 Å². The zero-order chi connectivity index (χ0) is 17.9. The molecule has 0 saturated heterocycles. The number of hydrogen-bond acceptors (Lipinski definition) is 4. The third-order valence-electron chi connectivity index (χ3n) is 4.29. The Bertz CT molecular complexity index is 561. The fraction of sp³-hybridized carbons (Fsp3) is 0.632. The summed E-state index contributed by atoms with van der Waals surface area (Å²) in [6, 6.07) is 0. The first kappa shape index (κ1) is 20.1. The van der Waals surface area contributed by atoms with Crippen LogP contribution in [-0.4, -0.2) is 28.3 Å². The summed E-state index contributed by atoms with van der Waals surface area (Å²) < 4.78 is 6.86. The van der Waals surface area contributed by atoms with E-state index in [1.807, 2.05) is 43.2 Å². The van der Waals surface area contributed by atoms with Gasteiger partial charge in [-0.2, -0.15) is 0 Å². The molecule has 0 radical (unpaired) electrons. The molecule has 0 N–H and O–H groups in total. The summed E-state index contributed by atoms with van der Waals surface area (Å²) in [6.45, 7) is 8.21. The second kappa shape index (κ2) is 10.8. The molecule has 2 atom stereocenters. The average molecular weight is 333 g/mol. The van der Waals surface area contributed by atoms with Gasteiger partial charge in [0.1, 0.15) is 5.82 Å². The third-order valence-corrected chi connectivity index (χ3v) is 4.29. The van der Waals surface area contributed by atoms with Crippen LogP contribution in [0.5, 0.6) is 0 Å². The largest absolute Gasteiger partial charge is 0.469 e. The second-order valence-electron chi connectivity index (χ2n) is 6.20. The number of aromatic nitrogens is 2. The van der Waals surface area contributed by atoms with Gasteiger partial charge in [-0.3, -0.25) is 9.79 Å². The Hall–Kier alpha value is -1.91. The van der Waals surface area contributed by atoms with Crippen molar-refractivity contribution < 1.29 is 9.53 Å². The lowest BCUT2D eigenvalue weighted by Crippen LogP contribution is -2.15. The molecule has 0 bridgehead atoms. The van der Waals surface area contributed by atoms with E-state index in [4.69, 9.17) is 4.74 Å². The first-order valence-corrected chi connectivity index (χ1v) is 8.83. The van der Waals surface area contributed by atoms with Crippen LogP contribution in [0.3, 0.4) is 0 Å². The molecule has 24 heavy (non-hydrogen) atoms. The molecule has 0 aliphatic heterocycles. The molecule has 0 saturated carbocycles. The first-order valence-electron chi connectivity index (χ1n) is 8.83. The molecule has 134 valence electrons. The number of nitrogens with zero attached hydrogens (tertiary/aromatic N) is 3. The normalized spacial score (nSPS) is 14.8. The van der Waals surface area contributed by atoms with E-state index in [0.29, 0.717) is 5.92 Å². The van der Waals surface area contributed by atoms with Crippen molar-refractivity contribution in [3.8, 4) is 0 Å². The number of aliphatic imine (C=N–C) groups is 1. The average Bonchev–Trinajstić information content (AvgIpc) is 3.05. The van der Waals surface area contributed by atoms with Gasteiger partial charge in [-0.25, -0.2) is 4.98 Å². The molecule has 0 aliphatic carbocycles. The molecule has 5 heteroatoms. The second-order valence-corrected chi connectivity index (χ2v) is 6.20. The molecule has 0 aromatic carbocycles. The highest BCUT2D eigenvalue weighted by molar-refractivity contribution is 5.82. The zero-order valence-electron chi connectivity index (χ0n) is 15.7. The van der Waals surface area contributed by atoms with Gasteiger partial charge in [0.05, 0.1) is 13.0 Å². The molecule has 1 rings (SSSR count). The van der Waals surface area contributed by atoms with Crippen molar-refractivity contribution in [2.24, 2.45) is 10.9 Å². The summed E-state index contributed by atoms with van der Waals surface area (Å²) in [6.07, 6.45) is 12.4. The van der Waals surface area contributed by atoms with Crippen LogP contribution in [0.4, 0.5) is 0 Å². The molecule has 1 aromatic heterocycles. The van der Waals surface area contributed by atoms with E-state index in [-0.39, 0.29) is 11.9 Å². The number of hydrogen-bond donors (Lipinski definition) is 0. The first-order chi connectivity index (χ1) is 11.5. The number of esters is 1. The molecule has 1 aromatic rings. The van der Waals surface area contributed by atoms with Crippen LogP contribution in [0.2, 0.25) is 0 Å². The van der Waals surface area contributed by atoms with E-state index in [1.54, 1.807) is 0 Å². The Morgan fingerprint density at radius 2 is 2.12 bits per heavy atom. The van der Waals surface area contributed by atoms with Gasteiger partial charge >= 0.3 is 5.97 Å². The number of carbonyl (C=O) groups excluding carboxylic acids is 1. The van der Waals surface area contributed by atoms with E-state index in [1.165, 1.54) is 7.11 Å². The van der Waals surface area contributed by atoms with Crippen molar-refractivity contribution in [1.82, 2.24) is 9.55 Å². The molecular weight excluding hydrogens is 302 g/mol.